The quantitative estimate of drug-likeness (QED) is 0.258. The number of Topliss-reactive ketones (excluding diaryl/α,β-unsaturated/α-hetero) is 1. The van der Waals surface area contributed by atoms with Crippen molar-refractivity contribution in [2.75, 3.05) is 13.1 Å². The molecule has 4 nitrogen and oxygen atoms in total. The van der Waals surface area contributed by atoms with E-state index in [0.717, 1.165) is 80.9 Å². The predicted molar refractivity (Wildman–Crippen MR) is 157 cm³/mol. The number of carbonyl (C=O) groups excluding carboxylic acids is 2. The van der Waals surface area contributed by atoms with Crippen molar-refractivity contribution in [3.63, 3.8) is 0 Å². The molecule has 2 heterocycles. The van der Waals surface area contributed by atoms with Crippen molar-refractivity contribution in [2.24, 2.45) is 17.8 Å². The summed E-state index contributed by atoms with van der Waals surface area (Å²) in [6, 6.07) is 27.1. The second kappa shape index (κ2) is 11.6. The summed E-state index contributed by atoms with van der Waals surface area (Å²) in [4.78, 5) is 32.1. The number of hydrogen-bond donors (Lipinski definition) is 1. The molecule has 200 valence electrons. The SMILES string of the molecule is O=C(c1c[nH]c2cc(C(=O)N3CCC(Cc4ccccc4)CC3)ccc12)C1CCC(Cc2ccccc2)CC1. The Kier molecular flexibility index (Phi) is 7.62. The first-order valence-electron chi connectivity index (χ1n) is 14.7. The standard InChI is InChI=1S/C35H38N2O2/c38-34(29-13-11-27(12-14-29)21-25-7-3-1-4-8-25)32-24-36-33-23-30(15-16-31(32)33)35(39)37-19-17-28(18-20-37)22-26-9-5-2-6-10-26/h1-10,15-16,23-24,27-29,36H,11-14,17-22H2. The van der Waals surface area contributed by atoms with E-state index in [1.807, 2.05) is 29.3 Å². The molecule has 1 amide bonds. The van der Waals surface area contributed by atoms with E-state index < -0.39 is 0 Å². The lowest BCUT2D eigenvalue weighted by molar-refractivity contribution is 0.0690. The fraction of sp³-hybridized carbons (Fsp3) is 0.371. The lowest BCUT2D eigenvalue weighted by Crippen LogP contribution is -2.38. The van der Waals surface area contributed by atoms with Crippen LogP contribution in [0, 0.1) is 17.8 Å². The number of ketones is 1. The normalized spacial score (nSPS) is 20.3. The van der Waals surface area contributed by atoms with Gasteiger partial charge in [-0.1, -0.05) is 66.7 Å². The molecule has 0 bridgehead atoms. The number of nitrogens with zero attached hydrogens (tertiary/aromatic N) is 1. The van der Waals surface area contributed by atoms with Gasteiger partial charge in [0.15, 0.2) is 5.78 Å². The Morgan fingerprint density at radius 1 is 0.718 bits per heavy atom. The smallest absolute Gasteiger partial charge is 0.253 e. The molecule has 1 aliphatic heterocycles. The second-order valence-electron chi connectivity index (χ2n) is 11.7. The highest BCUT2D eigenvalue weighted by molar-refractivity contribution is 6.10. The minimum absolute atomic E-state index is 0.0919. The largest absolute Gasteiger partial charge is 0.360 e. The summed E-state index contributed by atoms with van der Waals surface area (Å²) in [5, 5.41) is 0.935. The van der Waals surface area contributed by atoms with Crippen LogP contribution in [-0.4, -0.2) is 34.7 Å². The number of carbonyl (C=O) groups is 2. The van der Waals surface area contributed by atoms with Crippen LogP contribution in [0.3, 0.4) is 0 Å². The number of nitrogens with one attached hydrogen (secondary N) is 1. The van der Waals surface area contributed by atoms with Gasteiger partial charge in [0.25, 0.3) is 5.91 Å². The molecule has 0 spiro atoms. The zero-order valence-corrected chi connectivity index (χ0v) is 22.6. The summed E-state index contributed by atoms with van der Waals surface area (Å²) in [6.45, 7) is 1.60. The summed E-state index contributed by atoms with van der Waals surface area (Å²) in [6.07, 6.45) is 10.3. The van der Waals surface area contributed by atoms with Crippen molar-refractivity contribution in [2.45, 2.75) is 51.4 Å². The lowest BCUT2D eigenvalue weighted by atomic mass is 9.76. The molecule has 4 heteroatoms. The molecule has 1 aliphatic carbocycles. The maximum atomic E-state index is 13.5. The first kappa shape index (κ1) is 25.6. The number of amides is 1. The highest BCUT2D eigenvalue weighted by Crippen LogP contribution is 2.34. The van der Waals surface area contributed by atoms with Crippen molar-refractivity contribution in [3.8, 4) is 0 Å². The van der Waals surface area contributed by atoms with Crippen molar-refractivity contribution >= 4 is 22.6 Å². The van der Waals surface area contributed by atoms with Crippen LogP contribution >= 0.6 is 0 Å². The minimum atomic E-state index is 0.0919. The maximum absolute atomic E-state index is 13.5. The summed E-state index contributed by atoms with van der Waals surface area (Å²) < 4.78 is 0. The molecular formula is C35H38N2O2. The highest BCUT2D eigenvalue weighted by atomic mass is 16.2. The average Bonchev–Trinajstić information content (AvgIpc) is 3.42. The predicted octanol–water partition coefficient (Wildman–Crippen LogP) is 7.49. The Hall–Kier alpha value is -3.66. The Labute approximate surface area is 231 Å². The van der Waals surface area contributed by atoms with E-state index in [1.54, 1.807) is 0 Å². The number of benzene rings is 3. The summed E-state index contributed by atoms with van der Waals surface area (Å²) in [5.74, 6) is 1.73. The number of piperidine rings is 1. The molecule has 1 aromatic heterocycles. The molecule has 0 radical (unpaired) electrons. The van der Waals surface area contributed by atoms with Gasteiger partial charge in [-0.2, -0.15) is 0 Å². The Morgan fingerprint density at radius 3 is 1.92 bits per heavy atom. The van der Waals surface area contributed by atoms with Crippen LogP contribution in [0.5, 0.6) is 0 Å². The minimum Gasteiger partial charge on any atom is -0.360 e. The van der Waals surface area contributed by atoms with Gasteiger partial charge in [-0.15, -0.1) is 0 Å². The zero-order valence-electron chi connectivity index (χ0n) is 22.6. The molecule has 0 atom stereocenters. The van der Waals surface area contributed by atoms with Crippen LogP contribution in [0.15, 0.2) is 85.1 Å². The van der Waals surface area contributed by atoms with Crippen molar-refractivity contribution in [3.05, 3.63) is 107 Å². The number of aromatic amines is 1. The lowest BCUT2D eigenvalue weighted by Gasteiger charge is -2.32. The van der Waals surface area contributed by atoms with Crippen LogP contribution < -0.4 is 0 Å². The molecule has 4 aromatic rings. The third-order valence-electron chi connectivity index (χ3n) is 9.05. The van der Waals surface area contributed by atoms with E-state index in [1.165, 1.54) is 11.1 Å². The third-order valence-corrected chi connectivity index (χ3v) is 9.05. The van der Waals surface area contributed by atoms with E-state index in [9.17, 15) is 9.59 Å². The van der Waals surface area contributed by atoms with E-state index in [2.05, 4.69) is 65.6 Å². The van der Waals surface area contributed by atoms with Gasteiger partial charge in [0.1, 0.15) is 0 Å². The molecule has 2 fully saturated rings. The number of fused-ring (bicyclic) bond motifs is 1. The Bertz CT molecular complexity index is 1410. The molecule has 0 unspecified atom stereocenters. The van der Waals surface area contributed by atoms with Crippen LogP contribution in [0.25, 0.3) is 10.9 Å². The van der Waals surface area contributed by atoms with Crippen LogP contribution in [-0.2, 0) is 12.8 Å². The van der Waals surface area contributed by atoms with Gasteiger partial charge in [-0.05, 0) is 86.5 Å². The average molecular weight is 519 g/mol. The van der Waals surface area contributed by atoms with Gasteiger partial charge in [0, 0.05) is 47.2 Å². The van der Waals surface area contributed by atoms with Crippen molar-refractivity contribution in [1.82, 2.24) is 9.88 Å². The number of H-pyrrole nitrogens is 1. The van der Waals surface area contributed by atoms with Crippen LogP contribution in [0.1, 0.15) is 70.4 Å². The second-order valence-corrected chi connectivity index (χ2v) is 11.7. The van der Waals surface area contributed by atoms with Gasteiger partial charge < -0.3 is 9.88 Å². The molecule has 3 aromatic carbocycles. The topological polar surface area (TPSA) is 53.2 Å². The molecule has 1 N–H and O–H groups in total. The Morgan fingerprint density at radius 2 is 1.31 bits per heavy atom. The van der Waals surface area contributed by atoms with Gasteiger partial charge in [0.05, 0.1) is 0 Å². The van der Waals surface area contributed by atoms with E-state index >= 15 is 0 Å². The van der Waals surface area contributed by atoms with Crippen molar-refractivity contribution in [1.29, 1.82) is 0 Å². The van der Waals surface area contributed by atoms with E-state index in [4.69, 9.17) is 0 Å². The highest BCUT2D eigenvalue weighted by Gasteiger charge is 2.29. The summed E-state index contributed by atoms with van der Waals surface area (Å²) in [5.41, 5.74) is 5.13. The number of rotatable bonds is 7. The van der Waals surface area contributed by atoms with Gasteiger partial charge >= 0.3 is 0 Å². The molecule has 39 heavy (non-hydrogen) atoms. The molecular weight excluding hydrogens is 480 g/mol. The molecule has 1 saturated heterocycles. The number of hydrogen-bond acceptors (Lipinski definition) is 2. The van der Waals surface area contributed by atoms with Gasteiger partial charge in [0.2, 0.25) is 0 Å². The fourth-order valence-corrected chi connectivity index (χ4v) is 6.73. The monoisotopic (exact) mass is 518 g/mol. The molecule has 2 aliphatic rings. The van der Waals surface area contributed by atoms with Gasteiger partial charge in [-0.25, -0.2) is 0 Å². The first-order chi connectivity index (χ1) is 19.1. The zero-order chi connectivity index (χ0) is 26.6. The maximum Gasteiger partial charge on any atom is 0.253 e. The number of aromatic nitrogens is 1. The van der Waals surface area contributed by atoms with Gasteiger partial charge in [-0.3, -0.25) is 9.59 Å². The van der Waals surface area contributed by atoms with E-state index in [0.29, 0.717) is 17.4 Å². The number of likely N-dealkylation sites (tertiary alicyclic amines) is 1. The van der Waals surface area contributed by atoms with Crippen LogP contribution in [0.2, 0.25) is 0 Å². The molecule has 6 rings (SSSR count). The van der Waals surface area contributed by atoms with Crippen LogP contribution in [0.4, 0.5) is 0 Å². The fourth-order valence-electron chi connectivity index (χ4n) is 6.73. The van der Waals surface area contributed by atoms with E-state index in [-0.39, 0.29) is 17.6 Å². The molecule has 1 saturated carbocycles. The summed E-state index contributed by atoms with van der Waals surface area (Å²) >= 11 is 0. The third kappa shape index (κ3) is 5.85. The first-order valence-corrected chi connectivity index (χ1v) is 14.7. The Balaban J connectivity index is 1.05. The summed E-state index contributed by atoms with van der Waals surface area (Å²) in [7, 11) is 0. The van der Waals surface area contributed by atoms with Crippen molar-refractivity contribution < 1.29 is 9.59 Å².